The van der Waals surface area contributed by atoms with Crippen molar-refractivity contribution in [3.05, 3.63) is 108 Å². The van der Waals surface area contributed by atoms with E-state index in [1.807, 2.05) is 0 Å². The fourth-order valence-corrected chi connectivity index (χ4v) is 8.31. The zero-order valence-electron chi connectivity index (χ0n) is 37.5. The molecule has 4 amide bonds. The minimum Gasteiger partial charge on any atom is -1.00 e. The SMILES string of the molecule is O=C(NC(=O)c1ccc(Nc2cccc3cc(S(=O)(=O)O)cc(O)c23)c(S(=O)(=O)O)c1)NC(=O)c1ccc(Nc2cccc3cc(S(=O)(=O)O)cc(O)c23)c(S(=O)(=O)O)c1.[H-].[H-].[H-].[H-].[Na+].[Na+].[Na+].[Na+]. The first kappa shape index (κ1) is 57.4. The van der Waals surface area contributed by atoms with Gasteiger partial charge in [0, 0.05) is 34.0 Å². The molecule has 0 heterocycles. The number of carbonyl (C=O) groups is 3. The van der Waals surface area contributed by atoms with Crippen molar-refractivity contribution in [3.8, 4) is 11.5 Å². The van der Waals surface area contributed by atoms with Crippen LogP contribution in [-0.4, -0.2) is 79.9 Å². The number of rotatable bonds is 10. The second-order valence-electron chi connectivity index (χ2n) is 12.5. The van der Waals surface area contributed by atoms with Gasteiger partial charge in [0.15, 0.2) is 0 Å². The third-order valence-corrected chi connectivity index (χ3v) is 11.9. The Hall–Kier alpha value is -2.71. The van der Waals surface area contributed by atoms with Gasteiger partial charge in [-0.1, -0.05) is 24.3 Å². The molecule has 6 rings (SSSR count). The summed E-state index contributed by atoms with van der Waals surface area (Å²) in [5.41, 5.74) is -1.86. The van der Waals surface area contributed by atoms with E-state index in [0.29, 0.717) is 12.1 Å². The molecule has 0 spiro atoms. The van der Waals surface area contributed by atoms with Crippen LogP contribution in [0.4, 0.5) is 27.5 Å². The molecule has 0 saturated carbocycles. The van der Waals surface area contributed by atoms with Gasteiger partial charge in [-0.3, -0.25) is 38.4 Å². The number of phenols is 2. The van der Waals surface area contributed by atoms with Crippen LogP contribution in [-0.2, 0) is 40.5 Å². The third-order valence-electron chi connectivity index (χ3n) is 8.49. The van der Waals surface area contributed by atoms with Crippen molar-refractivity contribution >= 4 is 103 Å². The molecule has 21 nitrogen and oxygen atoms in total. The molecule has 0 saturated heterocycles. The second kappa shape index (κ2) is 21.9. The molecule has 6 aromatic carbocycles. The Morgan fingerprint density at radius 2 is 0.781 bits per heavy atom. The number of anilines is 4. The number of hydrogen-bond acceptors (Lipinski definition) is 15. The van der Waals surface area contributed by atoms with Gasteiger partial charge in [-0.25, -0.2) is 4.79 Å². The number of hydrogen-bond donors (Lipinski definition) is 10. The average Bonchev–Trinajstić information content (AvgIpc) is 3.13. The summed E-state index contributed by atoms with van der Waals surface area (Å²) in [5, 5.41) is 30.0. The van der Waals surface area contributed by atoms with Crippen LogP contribution in [0.1, 0.15) is 26.4 Å². The van der Waals surface area contributed by atoms with E-state index >= 15 is 0 Å². The van der Waals surface area contributed by atoms with Crippen molar-refractivity contribution < 1.29 is 200 Å². The van der Waals surface area contributed by atoms with Gasteiger partial charge < -0.3 is 26.6 Å². The van der Waals surface area contributed by atoms with E-state index in [4.69, 9.17) is 0 Å². The summed E-state index contributed by atoms with van der Waals surface area (Å²) >= 11 is 0. The smallest absolute Gasteiger partial charge is 1.00 e. The first-order valence-corrected chi connectivity index (χ1v) is 22.0. The Kier molecular flexibility index (Phi) is 19.7. The molecule has 0 aliphatic carbocycles. The van der Waals surface area contributed by atoms with Gasteiger partial charge in [0.25, 0.3) is 52.3 Å². The zero-order chi connectivity index (χ0) is 44.1. The van der Waals surface area contributed by atoms with E-state index < -0.39 is 101 Å². The van der Waals surface area contributed by atoms with E-state index in [0.717, 1.165) is 48.5 Å². The zero-order valence-corrected chi connectivity index (χ0v) is 44.8. The van der Waals surface area contributed by atoms with Crippen molar-refractivity contribution in [1.29, 1.82) is 0 Å². The molecule has 10 N–H and O–H groups in total. The van der Waals surface area contributed by atoms with E-state index in [1.165, 1.54) is 36.4 Å². The van der Waals surface area contributed by atoms with E-state index in [2.05, 4.69) is 10.6 Å². The Morgan fingerprint density at radius 1 is 0.438 bits per heavy atom. The van der Waals surface area contributed by atoms with Crippen LogP contribution in [0.25, 0.3) is 21.5 Å². The minimum absolute atomic E-state index is 0. The van der Waals surface area contributed by atoms with Gasteiger partial charge in [0.2, 0.25) is 0 Å². The fourth-order valence-electron chi connectivity index (χ4n) is 5.90. The van der Waals surface area contributed by atoms with Gasteiger partial charge in [0.05, 0.1) is 32.5 Å². The first-order valence-electron chi connectivity index (χ1n) is 16.2. The maximum Gasteiger partial charge on any atom is 1.00 e. The maximum atomic E-state index is 13.0. The summed E-state index contributed by atoms with van der Waals surface area (Å²) in [6.07, 6.45) is 0. The normalized spacial score (nSPS) is 11.4. The average molecular weight is 999 g/mol. The number of imide groups is 2. The van der Waals surface area contributed by atoms with Gasteiger partial charge in [-0.2, -0.15) is 33.7 Å². The molecular weight excluding hydrogens is 969 g/mol. The maximum absolute atomic E-state index is 13.0. The molecule has 64 heavy (non-hydrogen) atoms. The summed E-state index contributed by atoms with van der Waals surface area (Å²) in [4.78, 5) is 35.6. The van der Waals surface area contributed by atoms with Crippen LogP contribution in [0, 0.1) is 0 Å². The summed E-state index contributed by atoms with van der Waals surface area (Å²) in [7, 11) is -19.7. The molecule has 6 aromatic rings. The largest absolute Gasteiger partial charge is 1.00 e. The number of urea groups is 1. The number of amides is 4. The number of carbonyl (C=O) groups excluding carboxylic acids is 3. The summed E-state index contributed by atoms with van der Waals surface area (Å²) in [6, 6.07) is 15.5. The van der Waals surface area contributed by atoms with E-state index in [-0.39, 0.29) is 168 Å². The van der Waals surface area contributed by atoms with Gasteiger partial charge >= 0.3 is 124 Å². The topological polar surface area (TPSA) is 357 Å². The third kappa shape index (κ3) is 13.3. The predicted octanol–water partition coefficient (Wildman–Crippen LogP) is -7.38. The monoisotopic (exact) mass is 998 g/mol. The van der Waals surface area contributed by atoms with Crippen LogP contribution < -0.4 is 139 Å². The van der Waals surface area contributed by atoms with E-state index in [1.54, 1.807) is 10.6 Å². The Morgan fingerprint density at radius 3 is 1.09 bits per heavy atom. The second-order valence-corrected chi connectivity index (χ2v) is 18.1. The van der Waals surface area contributed by atoms with Crippen LogP contribution >= 0.6 is 0 Å². The minimum atomic E-state index is -5.13. The molecule has 0 aliphatic heterocycles. The molecule has 0 aromatic heterocycles. The fraction of sp³-hybridized carbons (Fsp3) is 0. The number of nitrogens with one attached hydrogen (secondary N) is 4. The molecular formula is C35H30N4Na4O17S4. The van der Waals surface area contributed by atoms with Crippen molar-refractivity contribution in [1.82, 2.24) is 10.6 Å². The number of aromatic hydroxyl groups is 2. The van der Waals surface area contributed by atoms with Gasteiger partial charge in [-0.05, 0) is 71.4 Å². The number of benzene rings is 6. The molecule has 29 heteroatoms. The molecule has 0 aliphatic rings. The molecule has 0 unspecified atom stereocenters. The van der Waals surface area contributed by atoms with Crippen LogP contribution in [0.3, 0.4) is 0 Å². The molecule has 0 atom stereocenters. The van der Waals surface area contributed by atoms with E-state index in [9.17, 15) is 76.5 Å². The number of fused-ring (bicyclic) bond motifs is 2. The van der Waals surface area contributed by atoms with Crippen LogP contribution in [0.2, 0.25) is 0 Å². The first-order chi connectivity index (χ1) is 27.8. The Bertz CT molecular complexity index is 3130. The summed E-state index contributed by atoms with van der Waals surface area (Å²) < 4.78 is 135. The Balaban J connectivity index is -0.00000528. The molecule has 0 radical (unpaired) electrons. The molecule has 320 valence electrons. The quantitative estimate of drug-likeness (QED) is 0.0450. The Labute approximate surface area is 457 Å². The molecule has 0 fully saturated rings. The van der Waals surface area contributed by atoms with Crippen molar-refractivity contribution in [2.45, 2.75) is 19.6 Å². The van der Waals surface area contributed by atoms with Crippen molar-refractivity contribution in [2.75, 3.05) is 10.6 Å². The standard InChI is InChI=1S/C35H26N4O17S4.4Na.4H/c40-27-15-21(57(45,46)47)11-17-3-1-5-25(31(17)27)36-23-9-7-19(13-29(23)59(51,52)53)33(42)38-35(44)39-34(43)20-8-10-24(30(14-20)60(54,55)56)37-26-6-2-4-18-12-22(58(48,49)50)16-28(41)32(18)26;;;;;;;;/h1-16,36-37,40-41H,(H,45,46,47)(H,48,49,50)(H,51,52,53)(H,54,55,56)(H2,38,39,42,43,44);;;;;;;;/q;4*+1;4*-1. The molecule has 0 bridgehead atoms. The van der Waals surface area contributed by atoms with Crippen molar-refractivity contribution in [3.63, 3.8) is 0 Å². The van der Waals surface area contributed by atoms with Crippen LogP contribution in [0.15, 0.2) is 117 Å². The number of phenolic OH excluding ortho intramolecular Hbond substituents is 2. The van der Waals surface area contributed by atoms with Crippen LogP contribution in [0.5, 0.6) is 11.5 Å². The van der Waals surface area contributed by atoms with Gasteiger partial charge in [0.1, 0.15) is 21.3 Å². The van der Waals surface area contributed by atoms with Gasteiger partial charge in [-0.15, -0.1) is 0 Å². The summed E-state index contributed by atoms with van der Waals surface area (Å²) in [6.45, 7) is 0. The summed E-state index contributed by atoms with van der Waals surface area (Å²) in [5.74, 6) is -3.90. The predicted molar refractivity (Wildman–Crippen MR) is 215 cm³/mol. The van der Waals surface area contributed by atoms with Crippen molar-refractivity contribution in [2.24, 2.45) is 0 Å².